The maximum absolute atomic E-state index is 11.0. The lowest BCUT2D eigenvalue weighted by atomic mass is 10.2. The van der Waals surface area contributed by atoms with Crippen LogP contribution in [0, 0.1) is 10.1 Å². The lowest BCUT2D eigenvalue weighted by molar-refractivity contribution is -0.384. The Kier molecular flexibility index (Phi) is 5.92. The number of fused-ring (bicyclic) bond motifs is 1. The van der Waals surface area contributed by atoms with Crippen LogP contribution in [0.1, 0.15) is 26.2 Å². The topological polar surface area (TPSA) is 73.4 Å². The lowest BCUT2D eigenvalue weighted by Gasteiger charge is -2.09. The molecule has 126 valence electrons. The molecule has 0 aliphatic carbocycles. The molecular weight excluding hydrogens is 296 g/mol. The van der Waals surface area contributed by atoms with E-state index >= 15 is 0 Å². The predicted octanol–water partition coefficient (Wildman–Crippen LogP) is 3.08. The molecule has 0 N–H and O–H groups in total. The molecule has 7 heteroatoms. The van der Waals surface area contributed by atoms with Gasteiger partial charge in [-0.05, 0) is 33.0 Å². The monoisotopic (exact) mass is 320 g/mol. The molecule has 1 heterocycles. The molecule has 7 nitrogen and oxygen atoms in total. The fraction of sp³-hybridized carbons (Fsp3) is 0.562. The summed E-state index contributed by atoms with van der Waals surface area (Å²) in [7, 11) is 4.02. The van der Waals surface area contributed by atoms with E-state index in [9.17, 15) is 10.1 Å². The molecule has 2 aromatic rings. The maximum atomic E-state index is 11.0. The number of hydrogen-bond acceptors (Lipinski definition) is 5. The van der Waals surface area contributed by atoms with Gasteiger partial charge < -0.3 is 9.64 Å². The van der Waals surface area contributed by atoms with Gasteiger partial charge in [-0.15, -0.1) is 5.10 Å². The van der Waals surface area contributed by atoms with Crippen molar-refractivity contribution in [2.75, 3.05) is 27.2 Å². The van der Waals surface area contributed by atoms with Gasteiger partial charge in [0.2, 0.25) is 5.88 Å². The number of nitro groups is 1. The number of hydrogen-bond donors (Lipinski definition) is 0. The summed E-state index contributed by atoms with van der Waals surface area (Å²) in [6.07, 6.45) is 2.95. The van der Waals surface area contributed by atoms with E-state index in [0.29, 0.717) is 17.9 Å². The van der Waals surface area contributed by atoms with Gasteiger partial charge in [0, 0.05) is 25.2 Å². The number of nitrogens with zero attached hydrogens (tertiary/aromatic N) is 4. The number of ether oxygens (including phenoxy) is 1. The summed E-state index contributed by atoms with van der Waals surface area (Å²) in [6.45, 7) is 4.37. The van der Waals surface area contributed by atoms with Gasteiger partial charge in [0.25, 0.3) is 5.69 Å². The third-order valence-corrected chi connectivity index (χ3v) is 3.62. The van der Waals surface area contributed by atoms with Crippen LogP contribution in [0.25, 0.3) is 10.9 Å². The molecule has 1 aromatic carbocycles. The van der Waals surface area contributed by atoms with Gasteiger partial charge in [-0.1, -0.05) is 13.3 Å². The van der Waals surface area contributed by atoms with Crippen molar-refractivity contribution < 1.29 is 9.66 Å². The molecule has 0 aliphatic rings. The zero-order valence-corrected chi connectivity index (χ0v) is 14.0. The third kappa shape index (κ3) is 4.41. The van der Waals surface area contributed by atoms with E-state index in [2.05, 4.69) is 16.9 Å². The van der Waals surface area contributed by atoms with Gasteiger partial charge in [-0.25, -0.2) is 0 Å². The molecule has 2 rings (SSSR count). The van der Waals surface area contributed by atoms with Crippen molar-refractivity contribution in [2.45, 2.75) is 32.7 Å². The number of non-ortho nitro benzene ring substituents is 1. The molecule has 0 atom stereocenters. The van der Waals surface area contributed by atoms with Gasteiger partial charge in [-0.2, -0.15) is 0 Å². The highest BCUT2D eigenvalue weighted by atomic mass is 16.6. The second-order valence-electron chi connectivity index (χ2n) is 5.85. The Hall–Kier alpha value is -2.15. The van der Waals surface area contributed by atoms with Crippen LogP contribution in [0.5, 0.6) is 5.88 Å². The average Bonchev–Trinajstić information content (AvgIpc) is 2.86. The summed E-state index contributed by atoms with van der Waals surface area (Å²) in [5.74, 6) is 0.485. The maximum Gasteiger partial charge on any atom is 0.270 e. The molecule has 0 saturated carbocycles. The molecule has 0 radical (unpaired) electrons. The largest absolute Gasteiger partial charge is 0.476 e. The third-order valence-electron chi connectivity index (χ3n) is 3.62. The highest BCUT2D eigenvalue weighted by Crippen LogP contribution is 2.29. The smallest absolute Gasteiger partial charge is 0.270 e. The fourth-order valence-electron chi connectivity index (χ4n) is 2.39. The highest BCUT2D eigenvalue weighted by Gasteiger charge is 2.16. The van der Waals surface area contributed by atoms with Crippen LogP contribution in [0.15, 0.2) is 18.2 Å². The second-order valence-corrected chi connectivity index (χ2v) is 5.85. The van der Waals surface area contributed by atoms with Crippen LogP contribution in [0.2, 0.25) is 0 Å². The molecule has 0 fully saturated rings. The Bertz CT molecular complexity index is 667. The summed E-state index contributed by atoms with van der Waals surface area (Å²) in [5, 5.41) is 16.2. The first-order valence-corrected chi connectivity index (χ1v) is 7.95. The number of rotatable bonds is 9. The van der Waals surface area contributed by atoms with Crippen LogP contribution < -0.4 is 4.74 Å². The number of benzene rings is 1. The predicted molar refractivity (Wildman–Crippen MR) is 90.0 cm³/mol. The van der Waals surface area contributed by atoms with Crippen LogP contribution in [-0.2, 0) is 6.54 Å². The van der Waals surface area contributed by atoms with E-state index in [1.54, 1.807) is 12.1 Å². The van der Waals surface area contributed by atoms with Crippen molar-refractivity contribution in [3.05, 3.63) is 28.3 Å². The molecule has 0 amide bonds. The molecule has 0 spiro atoms. The van der Waals surface area contributed by atoms with Crippen LogP contribution in [0.3, 0.4) is 0 Å². The Balaban J connectivity index is 2.25. The van der Waals surface area contributed by atoms with E-state index < -0.39 is 4.92 Å². The average molecular weight is 320 g/mol. The number of unbranched alkanes of at least 4 members (excludes halogenated alkanes) is 1. The van der Waals surface area contributed by atoms with Crippen molar-refractivity contribution in [1.82, 2.24) is 14.7 Å². The van der Waals surface area contributed by atoms with E-state index in [4.69, 9.17) is 4.74 Å². The molecule has 1 aromatic heterocycles. The molecule has 0 aliphatic heterocycles. The minimum atomic E-state index is -0.390. The highest BCUT2D eigenvalue weighted by molar-refractivity contribution is 5.86. The summed E-state index contributed by atoms with van der Waals surface area (Å²) in [4.78, 5) is 12.7. The molecular formula is C16H24N4O3. The normalized spacial score (nSPS) is 11.3. The zero-order chi connectivity index (χ0) is 16.8. The lowest BCUT2D eigenvalue weighted by Crippen LogP contribution is -2.15. The van der Waals surface area contributed by atoms with E-state index in [1.807, 2.05) is 18.8 Å². The van der Waals surface area contributed by atoms with Gasteiger partial charge in [0.1, 0.15) is 0 Å². The molecule has 0 saturated heterocycles. The van der Waals surface area contributed by atoms with E-state index in [0.717, 1.165) is 37.9 Å². The van der Waals surface area contributed by atoms with Crippen molar-refractivity contribution in [1.29, 1.82) is 0 Å². The standard InChI is InChI=1S/C16H24N4O3/c1-4-5-10-19-15-8-7-13(20(21)22)12-14(15)16(17-19)23-11-6-9-18(2)3/h7-8,12H,4-6,9-11H2,1-3H3. The van der Waals surface area contributed by atoms with Crippen molar-refractivity contribution in [3.8, 4) is 5.88 Å². The van der Waals surface area contributed by atoms with Gasteiger partial charge in [-0.3, -0.25) is 14.8 Å². The molecule has 23 heavy (non-hydrogen) atoms. The first kappa shape index (κ1) is 17.2. The van der Waals surface area contributed by atoms with Crippen LogP contribution in [-0.4, -0.2) is 46.9 Å². The van der Waals surface area contributed by atoms with E-state index in [1.165, 1.54) is 6.07 Å². The fourth-order valence-corrected chi connectivity index (χ4v) is 2.39. The van der Waals surface area contributed by atoms with Crippen LogP contribution >= 0.6 is 0 Å². The minimum Gasteiger partial charge on any atom is -0.476 e. The summed E-state index contributed by atoms with van der Waals surface area (Å²) in [6, 6.07) is 4.82. The zero-order valence-electron chi connectivity index (χ0n) is 14.0. The second kappa shape index (κ2) is 7.92. The molecule has 0 bridgehead atoms. The SMILES string of the molecule is CCCCn1nc(OCCCN(C)C)c2cc([N+](=O)[O-])ccc21. The summed E-state index contributed by atoms with van der Waals surface area (Å²) >= 11 is 0. The van der Waals surface area contributed by atoms with Crippen molar-refractivity contribution >= 4 is 16.6 Å². The summed E-state index contributed by atoms with van der Waals surface area (Å²) < 4.78 is 7.66. The number of nitro benzene ring substituents is 1. The Labute approximate surface area is 136 Å². The molecule has 0 unspecified atom stereocenters. The quantitative estimate of drug-likeness (QED) is 0.403. The van der Waals surface area contributed by atoms with E-state index in [-0.39, 0.29) is 5.69 Å². The summed E-state index contributed by atoms with van der Waals surface area (Å²) in [5.41, 5.74) is 0.942. The van der Waals surface area contributed by atoms with Gasteiger partial charge >= 0.3 is 0 Å². The Morgan fingerprint density at radius 2 is 2.13 bits per heavy atom. The van der Waals surface area contributed by atoms with Gasteiger partial charge in [0.15, 0.2) is 0 Å². The first-order chi connectivity index (χ1) is 11.0. The number of aromatic nitrogens is 2. The Morgan fingerprint density at radius 3 is 2.78 bits per heavy atom. The first-order valence-electron chi connectivity index (χ1n) is 7.95. The van der Waals surface area contributed by atoms with Gasteiger partial charge in [0.05, 0.1) is 22.4 Å². The number of aryl methyl sites for hydroxylation is 1. The van der Waals surface area contributed by atoms with Crippen molar-refractivity contribution in [3.63, 3.8) is 0 Å². The van der Waals surface area contributed by atoms with Crippen molar-refractivity contribution in [2.24, 2.45) is 0 Å². The minimum absolute atomic E-state index is 0.0608. The van der Waals surface area contributed by atoms with Crippen LogP contribution in [0.4, 0.5) is 5.69 Å². The Morgan fingerprint density at radius 1 is 1.35 bits per heavy atom.